The Kier molecular flexibility index (Phi) is 5.50. The van der Waals surface area contributed by atoms with Crippen LogP contribution >= 0.6 is 11.8 Å². The lowest BCUT2D eigenvalue weighted by molar-refractivity contribution is 0.104. The van der Waals surface area contributed by atoms with E-state index >= 15 is 0 Å². The maximum absolute atomic E-state index is 9.47. The number of nitrogens with one attached hydrogen (secondary N) is 1. The smallest absolute Gasteiger partial charge is 0.0700 e. The fourth-order valence-corrected chi connectivity index (χ4v) is 2.61. The van der Waals surface area contributed by atoms with Gasteiger partial charge in [0.15, 0.2) is 0 Å². The molecule has 0 radical (unpaired) electrons. The number of aliphatic hydroxyl groups excluding tert-OH is 1. The van der Waals surface area contributed by atoms with Gasteiger partial charge in [-0.1, -0.05) is 12.1 Å². The Labute approximate surface area is 113 Å². The maximum Gasteiger partial charge on any atom is 0.0700 e. The molecule has 2 unspecified atom stereocenters. The summed E-state index contributed by atoms with van der Waals surface area (Å²) in [7, 11) is 0. The standard InChI is InChI=1S/C14H21NO2S/c1-18-13-6-4-11(5-7-13)14(10-16)15-9-12-3-2-8-17-12/h4-7,12,14-16H,2-3,8-10H2,1H3. The highest BCUT2D eigenvalue weighted by Crippen LogP contribution is 2.19. The Morgan fingerprint density at radius 1 is 1.44 bits per heavy atom. The van der Waals surface area contributed by atoms with E-state index in [-0.39, 0.29) is 12.6 Å². The third-order valence-electron chi connectivity index (χ3n) is 3.32. The Bertz CT molecular complexity index is 349. The van der Waals surface area contributed by atoms with Crippen LogP contribution in [0.25, 0.3) is 0 Å². The Balaban J connectivity index is 1.89. The van der Waals surface area contributed by atoms with Gasteiger partial charge in [-0.2, -0.15) is 0 Å². The summed E-state index contributed by atoms with van der Waals surface area (Å²) in [4.78, 5) is 1.24. The second-order valence-corrected chi connectivity index (χ2v) is 5.43. The van der Waals surface area contributed by atoms with Gasteiger partial charge >= 0.3 is 0 Å². The van der Waals surface area contributed by atoms with Gasteiger partial charge < -0.3 is 15.2 Å². The zero-order valence-corrected chi connectivity index (χ0v) is 11.6. The van der Waals surface area contributed by atoms with Crippen molar-refractivity contribution < 1.29 is 9.84 Å². The van der Waals surface area contributed by atoms with Crippen LogP contribution in [0.5, 0.6) is 0 Å². The number of benzene rings is 1. The number of ether oxygens (including phenoxy) is 1. The number of rotatable bonds is 6. The maximum atomic E-state index is 9.47. The van der Waals surface area contributed by atoms with Crippen LogP contribution in [0.3, 0.4) is 0 Å². The average Bonchev–Trinajstić information content (AvgIpc) is 2.93. The summed E-state index contributed by atoms with van der Waals surface area (Å²) >= 11 is 1.73. The molecule has 0 bridgehead atoms. The van der Waals surface area contributed by atoms with Gasteiger partial charge in [-0.15, -0.1) is 11.8 Å². The highest BCUT2D eigenvalue weighted by atomic mass is 32.2. The van der Waals surface area contributed by atoms with Gasteiger partial charge in [0.2, 0.25) is 0 Å². The van der Waals surface area contributed by atoms with Crippen molar-refractivity contribution in [1.82, 2.24) is 5.32 Å². The Morgan fingerprint density at radius 2 is 2.22 bits per heavy atom. The second-order valence-electron chi connectivity index (χ2n) is 4.55. The summed E-state index contributed by atoms with van der Waals surface area (Å²) in [6.07, 6.45) is 4.65. The van der Waals surface area contributed by atoms with Crippen LogP contribution in [0.15, 0.2) is 29.2 Å². The molecule has 2 N–H and O–H groups in total. The molecule has 100 valence electrons. The average molecular weight is 267 g/mol. The molecular formula is C14H21NO2S. The van der Waals surface area contributed by atoms with Crippen LogP contribution in [0.2, 0.25) is 0 Å². The fraction of sp³-hybridized carbons (Fsp3) is 0.571. The van der Waals surface area contributed by atoms with Gasteiger partial charge in [0, 0.05) is 18.0 Å². The van der Waals surface area contributed by atoms with Crippen molar-refractivity contribution in [2.75, 3.05) is 26.0 Å². The van der Waals surface area contributed by atoms with Crippen molar-refractivity contribution >= 4 is 11.8 Å². The van der Waals surface area contributed by atoms with Crippen LogP contribution in [0, 0.1) is 0 Å². The summed E-state index contributed by atoms with van der Waals surface area (Å²) in [5, 5.41) is 12.9. The van der Waals surface area contributed by atoms with E-state index in [1.54, 1.807) is 11.8 Å². The molecule has 1 aliphatic heterocycles. The van der Waals surface area contributed by atoms with Crippen molar-refractivity contribution in [2.45, 2.75) is 29.9 Å². The first kappa shape index (κ1) is 13.9. The van der Waals surface area contributed by atoms with Crippen molar-refractivity contribution in [3.05, 3.63) is 29.8 Å². The van der Waals surface area contributed by atoms with E-state index in [4.69, 9.17) is 4.74 Å². The van der Waals surface area contributed by atoms with Crippen LogP contribution in [-0.2, 0) is 4.74 Å². The predicted molar refractivity (Wildman–Crippen MR) is 75.0 cm³/mol. The summed E-state index contributed by atoms with van der Waals surface area (Å²) in [5.74, 6) is 0. The molecule has 3 nitrogen and oxygen atoms in total. The summed E-state index contributed by atoms with van der Waals surface area (Å²) in [5.41, 5.74) is 1.13. The molecule has 1 heterocycles. The van der Waals surface area contributed by atoms with Gasteiger partial charge in [0.1, 0.15) is 0 Å². The first-order valence-corrected chi connectivity index (χ1v) is 7.65. The largest absolute Gasteiger partial charge is 0.394 e. The topological polar surface area (TPSA) is 41.5 Å². The second kappa shape index (κ2) is 7.14. The van der Waals surface area contributed by atoms with Crippen LogP contribution < -0.4 is 5.32 Å². The molecule has 2 atom stereocenters. The molecule has 0 amide bonds. The number of thioether (sulfide) groups is 1. The van der Waals surface area contributed by atoms with Crippen molar-refractivity contribution in [1.29, 1.82) is 0 Å². The van der Waals surface area contributed by atoms with Crippen LogP contribution in [0.1, 0.15) is 24.4 Å². The third-order valence-corrected chi connectivity index (χ3v) is 4.06. The molecule has 0 aromatic heterocycles. The van der Waals surface area contributed by atoms with E-state index in [0.717, 1.165) is 31.6 Å². The van der Waals surface area contributed by atoms with E-state index < -0.39 is 0 Å². The quantitative estimate of drug-likeness (QED) is 0.776. The van der Waals surface area contributed by atoms with Crippen molar-refractivity contribution in [3.8, 4) is 0 Å². The molecule has 0 spiro atoms. The van der Waals surface area contributed by atoms with Gasteiger partial charge in [0.05, 0.1) is 18.8 Å². The molecule has 18 heavy (non-hydrogen) atoms. The molecule has 1 aromatic rings. The molecule has 0 aliphatic carbocycles. The van der Waals surface area contributed by atoms with Gasteiger partial charge in [-0.25, -0.2) is 0 Å². The van der Waals surface area contributed by atoms with Gasteiger partial charge in [0.25, 0.3) is 0 Å². The molecule has 1 aromatic carbocycles. The van der Waals surface area contributed by atoms with E-state index in [2.05, 4.69) is 35.8 Å². The van der Waals surface area contributed by atoms with Crippen LogP contribution in [-0.4, -0.2) is 37.2 Å². The predicted octanol–water partition coefficient (Wildman–Crippen LogP) is 2.21. The number of hydrogen-bond acceptors (Lipinski definition) is 4. The summed E-state index contributed by atoms with van der Waals surface area (Å²) in [6, 6.07) is 8.35. The zero-order valence-electron chi connectivity index (χ0n) is 10.8. The third kappa shape index (κ3) is 3.72. The molecule has 1 fully saturated rings. The van der Waals surface area contributed by atoms with E-state index in [1.165, 1.54) is 4.90 Å². The minimum absolute atomic E-state index is 0.00473. The monoisotopic (exact) mass is 267 g/mol. The van der Waals surface area contributed by atoms with Gasteiger partial charge in [-0.05, 0) is 36.8 Å². The number of aliphatic hydroxyl groups is 1. The molecule has 1 aliphatic rings. The zero-order chi connectivity index (χ0) is 12.8. The minimum atomic E-state index is 0.00473. The molecule has 1 saturated heterocycles. The Hall–Kier alpha value is -0.550. The van der Waals surface area contributed by atoms with E-state index in [0.29, 0.717) is 6.10 Å². The highest BCUT2D eigenvalue weighted by molar-refractivity contribution is 7.98. The molecule has 4 heteroatoms. The summed E-state index contributed by atoms with van der Waals surface area (Å²) < 4.78 is 5.57. The van der Waals surface area contributed by atoms with Crippen LogP contribution in [0.4, 0.5) is 0 Å². The minimum Gasteiger partial charge on any atom is -0.394 e. The van der Waals surface area contributed by atoms with E-state index in [9.17, 15) is 5.11 Å². The molecular weight excluding hydrogens is 246 g/mol. The lowest BCUT2D eigenvalue weighted by atomic mass is 10.1. The molecule has 2 rings (SSSR count). The molecule has 0 saturated carbocycles. The van der Waals surface area contributed by atoms with Crippen molar-refractivity contribution in [2.24, 2.45) is 0 Å². The number of hydrogen-bond donors (Lipinski definition) is 2. The SMILES string of the molecule is CSc1ccc(C(CO)NCC2CCCO2)cc1. The summed E-state index contributed by atoms with van der Waals surface area (Å²) in [6.45, 7) is 1.80. The van der Waals surface area contributed by atoms with Crippen molar-refractivity contribution in [3.63, 3.8) is 0 Å². The normalized spacial score (nSPS) is 21.1. The lowest BCUT2D eigenvalue weighted by Crippen LogP contribution is -2.31. The first-order chi connectivity index (χ1) is 8.83. The highest BCUT2D eigenvalue weighted by Gasteiger charge is 2.17. The Morgan fingerprint density at radius 3 is 2.78 bits per heavy atom. The van der Waals surface area contributed by atoms with Gasteiger partial charge in [-0.3, -0.25) is 0 Å². The fourth-order valence-electron chi connectivity index (χ4n) is 2.20. The van der Waals surface area contributed by atoms with E-state index in [1.807, 2.05) is 0 Å². The first-order valence-electron chi connectivity index (χ1n) is 6.43. The lowest BCUT2D eigenvalue weighted by Gasteiger charge is -2.19.